The van der Waals surface area contributed by atoms with E-state index in [-0.39, 0.29) is 35.8 Å². The maximum absolute atomic E-state index is 13.6. The minimum Gasteiger partial charge on any atom is -0.351 e. The molecule has 11 heteroatoms. The summed E-state index contributed by atoms with van der Waals surface area (Å²) in [6, 6.07) is 26.4. The number of hydrogen-bond donors (Lipinski definition) is 2. The molecule has 5 aromatic rings. The summed E-state index contributed by atoms with van der Waals surface area (Å²) in [6.07, 6.45) is 3.41. The van der Waals surface area contributed by atoms with Crippen molar-refractivity contribution < 1.29 is 14.1 Å². The molecular formula is C35H35FN6O3S. The Morgan fingerprint density at radius 1 is 1.02 bits per heavy atom. The van der Waals surface area contributed by atoms with Gasteiger partial charge in [-0.2, -0.15) is 0 Å². The van der Waals surface area contributed by atoms with Gasteiger partial charge in [-0.1, -0.05) is 68.4 Å². The minimum absolute atomic E-state index is 0.0237. The fourth-order valence-corrected chi connectivity index (χ4v) is 5.49. The molecule has 5 rings (SSSR count). The lowest BCUT2D eigenvalue weighted by atomic mass is 10.0. The Morgan fingerprint density at radius 3 is 2.46 bits per heavy atom. The predicted molar refractivity (Wildman–Crippen MR) is 182 cm³/mol. The zero-order chi connectivity index (χ0) is 32.6. The van der Waals surface area contributed by atoms with E-state index >= 15 is 0 Å². The fraction of sp³-hybridized carbons (Fsp3) is 0.229. The molecule has 0 saturated carbocycles. The van der Waals surface area contributed by atoms with Crippen LogP contribution in [0.15, 0.2) is 104 Å². The van der Waals surface area contributed by atoms with E-state index in [0.717, 1.165) is 27.6 Å². The van der Waals surface area contributed by atoms with Gasteiger partial charge in [-0.25, -0.2) is 9.37 Å². The Kier molecular flexibility index (Phi) is 10.3. The average Bonchev–Trinajstić information content (AvgIpc) is 3.47. The van der Waals surface area contributed by atoms with Crippen LogP contribution in [0.5, 0.6) is 0 Å². The van der Waals surface area contributed by atoms with Crippen LogP contribution in [-0.4, -0.2) is 43.0 Å². The number of rotatable bonds is 12. The number of carbonyl (C=O) groups is 1. The van der Waals surface area contributed by atoms with Crippen molar-refractivity contribution in [1.82, 2.24) is 19.8 Å². The van der Waals surface area contributed by atoms with Gasteiger partial charge in [0.1, 0.15) is 5.82 Å². The molecule has 0 aliphatic carbocycles. The molecule has 0 unspecified atom stereocenters. The van der Waals surface area contributed by atoms with Gasteiger partial charge in [0.15, 0.2) is 5.11 Å². The van der Waals surface area contributed by atoms with Crippen LogP contribution in [-0.2, 0) is 24.3 Å². The largest absolute Gasteiger partial charge is 0.351 e. The molecule has 0 aliphatic heterocycles. The molecule has 1 atom stereocenters. The lowest BCUT2D eigenvalue weighted by Gasteiger charge is -2.33. The molecule has 0 radical (unpaired) electrons. The van der Waals surface area contributed by atoms with Gasteiger partial charge in [0, 0.05) is 55.4 Å². The number of anilines is 1. The molecule has 1 aromatic heterocycles. The van der Waals surface area contributed by atoms with E-state index in [2.05, 4.69) is 53.7 Å². The second-order valence-corrected chi connectivity index (χ2v) is 11.9. The van der Waals surface area contributed by atoms with Gasteiger partial charge in [0.05, 0.1) is 17.7 Å². The van der Waals surface area contributed by atoms with E-state index in [1.54, 1.807) is 36.8 Å². The van der Waals surface area contributed by atoms with Crippen LogP contribution in [0.1, 0.15) is 30.7 Å². The van der Waals surface area contributed by atoms with Gasteiger partial charge in [-0.3, -0.25) is 14.9 Å². The molecule has 2 N–H and O–H groups in total. The van der Waals surface area contributed by atoms with E-state index in [9.17, 15) is 19.3 Å². The van der Waals surface area contributed by atoms with Crippen molar-refractivity contribution in [1.29, 1.82) is 0 Å². The lowest BCUT2D eigenvalue weighted by molar-refractivity contribution is -0.384. The third-order valence-corrected chi connectivity index (χ3v) is 8.19. The summed E-state index contributed by atoms with van der Waals surface area (Å²) in [4.78, 5) is 30.3. The second kappa shape index (κ2) is 14.7. The Labute approximate surface area is 272 Å². The third kappa shape index (κ3) is 8.30. The molecule has 0 aliphatic rings. The van der Waals surface area contributed by atoms with Gasteiger partial charge in [0.2, 0.25) is 5.91 Å². The van der Waals surface area contributed by atoms with E-state index in [0.29, 0.717) is 30.4 Å². The number of amides is 1. The molecule has 0 spiro atoms. The molecular weight excluding hydrogens is 603 g/mol. The Bertz CT molecular complexity index is 1820. The van der Waals surface area contributed by atoms with Crippen molar-refractivity contribution >= 4 is 45.4 Å². The first kappa shape index (κ1) is 32.2. The molecule has 0 saturated heterocycles. The number of benzene rings is 4. The smallest absolute Gasteiger partial charge is 0.269 e. The number of carbonyl (C=O) groups excluding carboxylic acids is 1. The molecule has 4 aromatic carbocycles. The minimum atomic E-state index is -0.434. The summed E-state index contributed by atoms with van der Waals surface area (Å²) in [5, 5.41) is 20.2. The Morgan fingerprint density at radius 2 is 1.74 bits per heavy atom. The zero-order valence-corrected chi connectivity index (χ0v) is 26.4. The first-order valence-corrected chi connectivity index (χ1v) is 15.4. The van der Waals surface area contributed by atoms with Gasteiger partial charge in [0.25, 0.3) is 5.69 Å². The maximum atomic E-state index is 13.6. The highest BCUT2D eigenvalue weighted by molar-refractivity contribution is 7.80. The molecule has 0 bridgehead atoms. The summed E-state index contributed by atoms with van der Waals surface area (Å²) in [5.41, 5.74) is 3.36. The molecule has 236 valence electrons. The number of nitro benzene ring substituents is 1. The van der Waals surface area contributed by atoms with Crippen molar-refractivity contribution in [2.45, 2.75) is 39.4 Å². The van der Waals surface area contributed by atoms with Gasteiger partial charge in [-0.15, -0.1) is 0 Å². The maximum Gasteiger partial charge on any atom is 0.269 e. The van der Waals surface area contributed by atoms with Crippen LogP contribution < -0.4 is 10.6 Å². The Balaban J connectivity index is 1.31. The molecule has 9 nitrogen and oxygen atoms in total. The zero-order valence-electron chi connectivity index (χ0n) is 25.6. The summed E-state index contributed by atoms with van der Waals surface area (Å²) < 4.78 is 15.4. The fourth-order valence-electron chi connectivity index (χ4n) is 5.23. The number of halogens is 1. The molecule has 1 heterocycles. The standard InChI is InChI=1S/C35H35FN6O3S/c1-24(2)33(39-34(43)18-31-19-37-23-41(31)20-25-10-16-30(17-11-25)42(44)45)22-40(35(46)38-29-14-12-28(36)13-15-29)21-27-8-5-7-26-6-3-4-9-32(26)27/h3-17,19,23-24,33H,18,20-22H2,1-2H3,(H,38,46)(H,39,43)/t33-/m1/s1. The number of aromatic nitrogens is 2. The first-order valence-electron chi connectivity index (χ1n) is 15.0. The highest BCUT2D eigenvalue weighted by Gasteiger charge is 2.23. The number of nitrogens with zero attached hydrogens (tertiary/aromatic N) is 4. The molecule has 46 heavy (non-hydrogen) atoms. The van der Waals surface area contributed by atoms with E-state index in [4.69, 9.17) is 12.2 Å². The van der Waals surface area contributed by atoms with Crippen LogP contribution >= 0.6 is 12.2 Å². The van der Waals surface area contributed by atoms with Crippen molar-refractivity contribution in [2.24, 2.45) is 5.92 Å². The van der Waals surface area contributed by atoms with Gasteiger partial charge in [-0.05, 0) is 64.3 Å². The highest BCUT2D eigenvalue weighted by atomic mass is 32.1. The third-order valence-electron chi connectivity index (χ3n) is 7.83. The van der Waals surface area contributed by atoms with E-state index in [1.165, 1.54) is 24.3 Å². The summed E-state index contributed by atoms with van der Waals surface area (Å²) in [6.45, 7) is 5.46. The SMILES string of the molecule is CC(C)[C@@H](CN(Cc1cccc2ccccc12)C(=S)Nc1ccc(F)cc1)NC(=O)Cc1cncn1Cc1ccc([N+](=O)[O-])cc1. The number of non-ortho nitro benzene ring substituents is 1. The van der Waals surface area contributed by atoms with Gasteiger partial charge < -0.3 is 20.1 Å². The normalized spacial score (nSPS) is 11.7. The first-order chi connectivity index (χ1) is 22.2. The van der Waals surface area contributed by atoms with Crippen molar-refractivity contribution in [2.75, 3.05) is 11.9 Å². The number of nitrogens with one attached hydrogen (secondary N) is 2. The van der Waals surface area contributed by atoms with Crippen molar-refractivity contribution in [3.05, 3.63) is 136 Å². The number of imidazole rings is 1. The summed E-state index contributed by atoms with van der Waals surface area (Å²) >= 11 is 5.89. The average molecular weight is 639 g/mol. The van der Waals surface area contributed by atoms with E-state index in [1.807, 2.05) is 27.7 Å². The van der Waals surface area contributed by atoms with E-state index < -0.39 is 4.92 Å². The highest BCUT2D eigenvalue weighted by Crippen LogP contribution is 2.22. The monoisotopic (exact) mass is 638 g/mol. The van der Waals surface area contributed by atoms with Crippen molar-refractivity contribution in [3.8, 4) is 0 Å². The van der Waals surface area contributed by atoms with Crippen LogP contribution in [0, 0.1) is 21.8 Å². The number of hydrogen-bond acceptors (Lipinski definition) is 5. The van der Waals surface area contributed by atoms with Crippen LogP contribution in [0.2, 0.25) is 0 Å². The Hall–Kier alpha value is -5.16. The van der Waals surface area contributed by atoms with Crippen LogP contribution in [0.4, 0.5) is 15.8 Å². The topological polar surface area (TPSA) is 105 Å². The lowest BCUT2D eigenvalue weighted by Crippen LogP contribution is -2.49. The summed E-state index contributed by atoms with van der Waals surface area (Å²) in [5.74, 6) is -0.412. The van der Waals surface area contributed by atoms with Crippen LogP contribution in [0.25, 0.3) is 10.8 Å². The number of fused-ring (bicyclic) bond motifs is 1. The number of nitro groups is 1. The van der Waals surface area contributed by atoms with Crippen LogP contribution in [0.3, 0.4) is 0 Å². The predicted octanol–water partition coefficient (Wildman–Crippen LogP) is 6.71. The van der Waals surface area contributed by atoms with Gasteiger partial charge >= 0.3 is 0 Å². The number of thiocarbonyl (C=S) groups is 1. The van der Waals surface area contributed by atoms with Crippen molar-refractivity contribution in [3.63, 3.8) is 0 Å². The molecule has 1 amide bonds. The molecule has 0 fully saturated rings. The quantitative estimate of drug-likeness (QED) is 0.0889. The summed E-state index contributed by atoms with van der Waals surface area (Å²) in [7, 11) is 0. The second-order valence-electron chi connectivity index (χ2n) is 11.5.